The molecule has 6 nitrogen and oxygen atoms in total. The van der Waals surface area contributed by atoms with E-state index in [-0.39, 0.29) is 12.2 Å². The second-order valence-corrected chi connectivity index (χ2v) is 6.35. The molecule has 0 amide bonds. The minimum Gasteiger partial charge on any atom is -0.438 e. The number of carbonyl (C=O) groups excluding carboxylic acids is 1. The van der Waals surface area contributed by atoms with Crippen molar-refractivity contribution < 1.29 is 27.9 Å². The van der Waals surface area contributed by atoms with Crippen molar-refractivity contribution in [2.75, 3.05) is 7.11 Å². The lowest BCUT2D eigenvalue weighted by molar-refractivity contribution is 0.0511. The van der Waals surface area contributed by atoms with Gasteiger partial charge in [-0.25, -0.2) is 4.79 Å². The van der Waals surface area contributed by atoms with Gasteiger partial charge in [0, 0.05) is 0 Å². The van der Waals surface area contributed by atoms with E-state index < -0.39 is 19.6 Å². The summed E-state index contributed by atoms with van der Waals surface area (Å²) in [5, 5.41) is 0. The summed E-state index contributed by atoms with van der Waals surface area (Å²) >= 11 is 0. The Morgan fingerprint density at radius 3 is 1.89 bits per heavy atom. The Labute approximate surface area is 114 Å². The Kier molecular flexibility index (Phi) is 7.99. The van der Waals surface area contributed by atoms with Gasteiger partial charge in [0.2, 0.25) is 5.85 Å². The highest BCUT2D eigenvalue weighted by atomic mass is 31.2. The highest BCUT2D eigenvalue weighted by molar-refractivity contribution is 7.54. The van der Waals surface area contributed by atoms with E-state index in [0.717, 1.165) is 0 Å². The lowest BCUT2D eigenvalue weighted by Gasteiger charge is -2.27. The minimum absolute atomic E-state index is 0.335. The van der Waals surface area contributed by atoms with E-state index in [1.165, 1.54) is 13.2 Å². The van der Waals surface area contributed by atoms with Gasteiger partial charge in [0.25, 0.3) is 0 Å². The Bertz CT molecular complexity index is 336. The summed E-state index contributed by atoms with van der Waals surface area (Å²) < 4.78 is 32.8. The average Bonchev–Trinajstić information content (AvgIpc) is 2.25. The Hall–Kier alpha value is -0.840. The molecule has 1 unspecified atom stereocenters. The van der Waals surface area contributed by atoms with Crippen LogP contribution in [0, 0.1) is 0 Å². The smallest absolute Gasteiger partial charge is 0.438 e. The molecule has 7 heteroatoms. The largest absolute Gasteiger partial charge is 0.509 e. The third-order valence-electron chi connectivity index (χ3n) is 1.77. The van der Waals surface area contributed by atoms with Crippen molar-refractivity contribution >= 4 is 13.8 Å². The summed E-state index contributed by atoms with van der Waals surface area (Å²) in [6.07, 6.45) is 1.44. The van der Waals surface area contributed by atoms with Crippen molar-refractivity contribution in [1.82, 2.24) is 0 Å². The molecular weight excluding hydrogens is 271 g/mol. The van der Waals surface area contributed by atoms with Crippen LogP contribution < -0.4 is 0 Å². The molecule has 0 saturated heterocycles. The van der Waals surface area contributed by atoms with Gasteiger partial charge in [-0.1, -0.05) is 6.08 Å². The van der Waals surface area contributed by atoms with Crippen LogP contribution in [-0.2, 0) is 23.1 Å². The van der Waals surface area contributed by atoms with Gasteiger partial charge in [0.05, 0.1) is 19.3 Å². The molecule has 0 aliphatic carbocycles. The van der Waals surface area contributed by atoms with Crippen molar-refractivity contribution in [1.29, 1.82) is 0 Å². The molecule has 0 aromatic rings. The normalized spacial score (nSPS) is 14.1. The molecule has 0 spiro atoms. The monoisotopic (exact) mass is 294 g/mol. The van der Waals surface area contributed by atoms with Gasteiger partial charge in [0.1, 0.15) is 0 Å². The number of carbonyl (C=O) groups is 1. The van der Waals surface area contributed by atoms with Crippen LogP contribution in [0.25, 0.3) is 0 Å². The van der Waals surface area contributed by atoms with Crippen LogP contribution in [-0.4, -0.2) is 31.3 Å². The SMILES string of the molecule is C/C=C/C(OC(=O)OC)P(=O)(OC(C)C)OC(C)C. The molecule has 0 rings (SSSR count). The minimum atomic E-state index is -3.64. The van der Waals surface area contributed by atoms with Crippen molar-refractivity contribution in [3.05, 3.63) is 12.2 Å². The number of rotatable bonds is 7. The van der Waals surface area contributed by atoms with E-state index in [1.54, 1.807) is 40.7 Å². The molecule has 0 aliphatic rings. The third-order valence-corrected chi connectivity index (χ3v) is 4.10. The van der Waals surface area contributed by atoms with Crippen molar-refractivity contribution in [2.45, 2.75) is 52.7 Å². The molecule has 0 fully saturated rings. The lowest BCUT2D eigenvalue weighted by Crippen LogP contribution is -2.22. The first-order valence-corrected chi connectivity index (χ1v) is 7.70. The second-order valence-electron chi connectivity index (χ2n) is 4.34. The zero-order valence-electron chi connectivity index (χ0n) is 12.3. The molecular formula is C12H23O6P. The molecule has 19 heavy (non-hydrogen) atoms. The summed E-state index contributed by atoms with van der Waals surface area (Å²) in [6.45, 7) is 8.60. The summed E-state index contributed by atoms with van der Waals surface area (Å²) in [5.41, 5.74) is 0. The predicted octanol–water partition coefficient (Wildman–Crippen LogP) is 3.71. The summed E-state index contributed by atoms with van der Waals surface area (Å²) in [7, 11) is -2.46. The molecule has 0 bridgehead atoms. The number of hydrogen-bond acceptors (Lipinski definition) is 6. The first kappa shape index (κ1) is 18.2. The van der Waals surface area contributed by atoms with Crippen LogP contribution in [0.5, 0.6) is 0 Å². The quantitative estimate of drug-likeness (QED) is 0.405. The van der Waals surface area contributed by atoms with Crippen LogP contribution in [0.4, 0.5) is 4.79 Å². The van der Waals surface area contributed by atoms with Gasteiger partial charge in [-0.3, -0.25) is 4.57 Å². The maximum atomic E-state index is 12.7. The van der Waals surface area contributed by atoms with E-state index in [4.69, 9.17) is 13.8 Å². The van der Waals surface area contributed by atoms with E-state index in [1.807, 2.05) is 0 Å². The summed E-state index contributed by atoms with van der Waals surface area (Å²) in [5.74, 6) is -1.13. The average molecular weight is 294 g/mol. The topological polar surface area (TPSA) is 71.1 Å². The Morgan fingerprint density at radius 1 is 1.11 bits per heavy atom. The van der Waals surface area contributed by atoms with Crippen molar-refractivity contribution in [3.63, 3.8) is 0 Å². The number of methoxy groups -OCH3 is 1. The number of ether oxygens (including phenoxy) is 2. The molecule has 0 saturated carbocycles. The van der Waals surface area contributed by atoms with Crippen LogP contribution in [0.1, 0.15) is 34.6 Å². The van der Waals surface area contributed by atoms with Gasteiger partial charge in [0.15, 0.2) is 0 Å². The van der Waals surface area contributed by atoms with E-state index >= 15 is 0 Å². The molecule has 0 heterocycles. The van der Waals surface area contributed by atoms with Crippen molar-refractivity contribution in [3.8, 4) is 0 Å². The van der Waals surface area contributed by atoms with Gasteiger partial charge in [-0.05, 0) is 40.7 Å². The number of hydrogen-bond donors (Lipinski definition) is 0. The first-order chi connectivity index (χ1) is 8.75. The maximum Gasteiger partial charge on any atom is 0.509 e. The third kappa shape index (κ3) is 6.76. The van der Waals surface area contributed by atoms with Crippen LogP contribution in [0.3, 0.4) is 0 Å². The zero-order valence-corrected chi connectivity index (χ0v) is 13.2. The summed E-state index contributed by atoms with van der Waals surface area (Å²) in [4.78, 5) is 11.2. The maximum absolute atomic E-state index is 12.7. The zero-order chi connectivity index (χ0) is 15.1. The molecule has 0 radical (unpaired) electrons. The first-order valence-electron chi connectivity index (χ1n) is 6.09. The van der Waals surface area contributed by atoms with Crippen LogP contribution in [0.15, 0.2) is 12.2 Å². The summed E-state index contributed by atoms with van der Waals surface area (Å²) in [6, 6.07) is 0. The number of allylic oxidation sites excluding steroid dienone is 1. The fraction of sp³-hybridized carbons (Fsp3) is 0.750. The van der Waals surface area contributed by atoms with Gasteiger partial charge in [-0.15, -0.1) is 0 Å². The molecule has 0 N–H and O–H groups in total. The molecule has 112 valence electrons. The fourth-order valence-corrected chi connectivity index (χ4v) is 3.32. The Morgan fingerprint density at radius 2 is 1.58 bits per heavy atom. The lowest BCUT2D eigenvalue weighted by atomic mass is 10.5. The van der Waals surface area contributed by atoms with E-state index in [0.29, 0.717) is 0 Å². The molecule has 0 aromatic carbocycles. The fourth-order valence-electron chi connectivity index (χ4n) is 1.25. The highest BCUT2D eigenvalue weighted by Crippen LogP contribution is 2.56. The predicted molar refractivity (Wildman–Crippen MR) is 72.1 cm³/mol. The highest BCUT2D eigenvalue weighted by Gasteiger charge is 2.39. The van der Waals surface area contributed by atoms with Gasteiger partial charge < -0.3 is 18.5 Å². The van der Waals surface area contributed by atoms with E-state index in [9.17, 15) is 9.36 Å². The van der Waals surface area contributed by atoms with Gasteiger partial charge in [-0.2, -0.15) is 0 Å². The van der Waals surface area contributed by atoms with Crippen LogP contribution >= 0.6 is 7.60 Å². The second kappa shape index (κ2) is 8.35. The molecule has 0 aromatic heterocycles. The Balaban J connectivity index is 5.23. The standard InChI is InChI=1S/C12H23O6P/c1-7-8-11(16-12(13)15-6)19(14,17-9(2)3)18-10(4)5/h7-11H,1-6H3/b8-7+. The van der Waals surface area contributed by atoms with Gasteiger partial charge >= 0.3 is 13.8 Å². The molecule has 1 atom stereocenters. The molecule has 0 aliphatic heterocycles. The van der Waals surface area contributed by atoms with Crippen LogP contribution in [0.2, 0.25) is 0 Å². The van der Waals surface area contributed by atoms with Crippen molar-refractivity contribution in [2.24, 2.45) is 0 Å². The van der Waals surface area contributed by atoms with E-state index in [2.05, 4.69) is 4.74 Å².